The summed E-state index contributed by atoms with van der Waals surface area (Å²) in [6, 6.07) is 8.08. The number of amides is 2. The SMILES string of the molecule is CCc1cccc(OCCNC(=O)N2CCN(C)CC2)c1. The zero-order valence-electron chi connectivity index (χ0n) is 13.0. The Kier molecular flexibility index (Phi) is 5.87. The lowest BCUT2D eigenvalue weighted by Crippen LogP contribution is -2.51. The molecule has 1 fully saturated rings. The van der Waals surface area contributed by atoms with Crippen molar-refractivity contribution in [1.29, 1.82) is 0 Å². The van der Waals surface area contributed by atoms with E-state index in [0.29, 0.717) is 13.2 Å². The summed E-state index contributed by atoms with van der Waals surface area (Å²) >= 11 is 0. The van der Waals surface area contributed by atoms with Crippen LogP contribution in [-0.2, 0) is 6.42 Å². The van der Waals surface area contributed by atoms with Crippen LogP contribution in [0.25, 0.3) is 0 Å². The number of hydrogen-bond donors (Lipinski definition) is 1. The smallest absolute Gasteiger partial charge is 0.317 e. The molecule has 21 heavy (non-hydrogen) atoms. The van der Waals surface area contributed by atoms with Gasteiger partial charge in [-0.15, -0.1) is 0 Å². The number of nitrogens with zero attached hydrogens (tertiary/aromatic N) is 2. The van der Waals surface area contributed by atoms with Gasteiger partial charge in [0.05, 0.1) is 6.54 Å². The van der Waals surface area contributed by atoms with Crippen LogP contribution >= 0.6 is 0 Å². The van der Waals surface area contributed by atoms with E-state index < -0.39 is 0 Å². The van der Waals surface area contributed by atoms with Crippen LogP contribution in [0.3, 0.4) is 0 Å². The van der Waals surface area contributed by atoms with Gasteiger partial charge in [0.1, 0.15) is 12.4 Å². The number of likely N-dealkylation sites (N-methyl/N-ethyl adjacent to an activating group) is 1. The number of aryl methyl sites for hydroxylation is 1. The number of rotatable bonds is 5. The highest BCUT2D eigenvalue weighted by Gasteiger charge is 2.18. The Labute approximate surface area is 126 Å². The number of urea groups is 1. The normalized spacial score (nSPS) is 15.8. The summed E-state index contributed by atoms with van der Waals surface area (Å²) < 4.78 is 5.66. The molecule has 2 rings (SSSR count). The van der Waals surface area contributed by atoms with Crippen molar-refractivity contribution in [2.75, 3.05) is 46.4 Å². The van der Waals surface area contributed by atoms with E-state index in [9.17, 15) is 4.79 Å². The molecule has 0 bridgehead atoms. The van der Waals surface area contributed by atoms with E-state index in [0.717, 1.165) is 38.3 Å². The van der Waals surface area contributed by atoms with Crippen LogP contribution in [0.15, 0.2) is 24.3 Å². The Balaban J connectivity index is 1.66. The number of piperazine rings is 1. The van der Waals surface area contributed by atoms with Gasteiger partial charge in [-0.25, -0.2) is 4.79 Å². The predicted octanol–water partition coefficient (Wildman–Crippen LogP) is 1.58. The zero-order valence-corrected chi connectivity index (χ0v) is 13.0. The minimum Gasteiger partial charge on any atom is -0.492 e. The maximum absolute atomic E-state index is 12.0. The Morgan fingerprint density at radius 1 is 1.29 bits per heavy atom. The molecule has 0 radical (unpaired) electrons. The molecule has 2 amide bonds. The quantitative estimate of drug-likeness (QED) is 0.838. The molecule has 0 saturated carbocycles. The number of hydrogen-bond acceptors (Lipinski definition) is 3. The standard InChI is InChI=1S/C16H25N3O2/c1-3-14-5-4-6-15(13-14)21-12-7-17-16(20)19-10-8-18(2)9-11-19/h4-6,13H,3,7-12H2,1-2H3,(H,17,20). The topological polar surface area (TPSA) is 44.8 Å². The Morgan fingerprint density at radius 2 is 2.05 bits per heavy atom. The largest absolute Gasteiger partial charge is 0.492 e. The van der Waals surface area contributed by atoms with Gasteiger partial charge in [0.2, 0.25) is 0 Å². The fourth-order valence-electron chi connectivity index (χ4n) is 2.30. The van der Waals surface area contributed by atoms with Crippen LogP contribution in [0.4, 0.5) is 4.79 Å². The molecule has 0 aromatic heterocycles. The number of carbonyl (C=O) groups is 1. The third-order valence-electron chi connectivity index (χ3n) is 3.74. The van der Waals surface area contributed by atoms with E-state index in [1.165, 1.54) is 5.56 Å². The second kappa shape index (κ2) is 7.88. The van der Waals surface area contributed by atoms with E-state index in [1.807, 2.05) is 23.1 Å². The average Bonchev–Trinajstić information content (AvgIpc) is 2.52. The van der Waals surface area contributed by atoms with Crippen molar-refractivity contribution in [1.82, 2.24) is 15.1 Å². The highest BCUT2D eigenvalue weighted by molar-refractivity contribution is 5.74. The van der Waals surface area contributed by atoms with Crippen molar-refractivity contribution in [3.8, 4) is 5.75 Å². The predicted molar refractivity (Wildman–Crippen MR) is 83.8 cm³/mol. The van der Waals surface area contributed by atoms with Crippen molar-refractivity contribution in [2.45, 2.75) is 13.3 Å². The second-order valence-electron chi connectivity index (χ2n) is 5.37. The van der Waals surface area contributed by atoms with Gasteiger partial charge in [-0.3, -0.25) is 0 Å². The van der Waals surface area contributed by atoms with Gasteiger partial charge < -0.3 is 19.9 Å². The molecule has 1 aliphatic heterocycles. The lowest BCUT2D eigenvalue weighted by atomic mass is 10.2. The van der Waals surface area contributed by atoms with Crippen LogP contribution < -0.4 is 10.1 Å². The maximum atomic E-state index is 12.0. The Hall–Kier alpha value is -1.75. The van der Waals surface area contributed by atoms with E-state index in [4.69, 9.17) is 4.74 Å². The number of ether oxygens (including phenoxy) is 1. The van der Waals surface area contributed by atoms with Crippen LogP contribution in [0.1, 0.15) is 12.5 Å². The molecule has 1 aromatic rings. The van der Waals surface area contributed by atoms with Crippen molar-refractivity contribution < 1.29 is 9.53 Å². The minimum absolute atomic E-state index is 0.00834. The molecule has 1 aliphatic rings. The van der Waals surface area contributed by atoms with Gasteiger partial charge >= 0.3 is 6.03 Å². The lowest BCUT2D eigenvalue weighted by molar-refractivity contribution is 0.153. The number of nitrogens with one attached hydrogen (secondary N) is 1. The van der Waals surface area contributed by atoms with Gasteiger partial charge in [-0.05, 0) is 31.2 Å². The Morgan fingerprint density at radius 3 is 2.76 bits per heavy atom. The first kappa shape index (κ1) is 15.6. The van der Waals surface area contributed by atoms with Crippen molar-refractivity contribution in [3.63, 3.8) is 0 Å². The second-order valence-corrected chi connectivity index (χ2v) is 5.37. The lowest BCUT2D eigenvalue weighted by Gasteiger charge is -2.32. The fraction of sp³-hybridized carbons (Fsp3) is 0.562. The molecular weight excluding hydrogens is 266 g/mol. The fourth-order valence-corrected chi connectivity index (χ4v) is 2.30. The van der Waals surface area contributed by atoms with Crippen molar-refractivity contribution in [2.24, 2.45) is 0 Å². The average molecular weight is 291 g/mol. The number of carbonyl (C=O) groups excluding carboxylic acids is 1. The maximum Gasteiger partial charge on any atom is 0.317 e. The van der Waals surface area contributed by atoms with E-state index in [2.05, 4.69) is 30.3 Å². The Bertz CT molecular complexity index is 457. The molecule has 1 N–H and O–H groups in total. The first-order valence-corrected chi connectivity index (χ1v) is 7.62. The van der Waals surface area contributed by atoms with E-state index >= 15 is 0 Å². The van der Waals surface area contributed by atoms with Crippen molar-refractivity contribution >= 4 is 6.03 Å². The summed E-state index contributed by atoms with van der Waals surface area (Å²) in [5.41, 5.74) is 1.26. The van der Waals surface area contributed by atoms with Gasteiger partial charge in [-0.1, -0.05) is 19.1 Å². The third kappa shape index (κ3) is 4.93. The highest BCUT2D eigenvalue weighted by atomic mass is 16.5. The number of benzene rings is 1. The summed E-state index contributed by atoms with van der Waals surface area (Å²) in [5.74, 6) is 0.864. The van der Waals surface area contributed by atoms with Gasteiger partial charge in [0, 0.05) is 26.2 Å². The first-order chi connectivity index (χ1) is 10.2. The summed E-state index contributed by atoms with van der Waals surface area (Å²) in [7, 11) is 2.08. The molecule has 0 aliphatic carbocycles. The van der Waals surface area contributed by atoms with Gasteiger partial charge in [0.15, 0.2) is 0 Å². The summed E-state index contributed by atoms with van der Waals surface area (Å²) in [5, 5.41) is 2.91. The van der Waals surface area contributed by atoms with Crippen LogP contribution in [-0.4, -0.2) is 62.2 Å². The third-order valence-corrected chi connectivity index (χ3v) is 3.74. The summed E-state index contributed by atoms with van der Waals surface area (Å²) in [4.78, 5) is 16.0. The molecule has 1 heterocycles. The monoisotopic (exact) mass is 291 g/mol. The zero-order chi connectivity index (χ0) is 15.1. The van der Waals surface area contributed by atoms with E-state index in [1.54, 1.807) is 0 Å². The minimum atomic E-state index is 0.00834. The van der Waals surface area contributed by atoms with Gasteiger partial charge in [-0.2, -0.15) is 0 Å². The van der Waals surface area contributed by atoms with Crippen LogP contribution in [0, 0.1) is 0 Å². The molecule has 5 heteroatoms. The van der Waals surface area contributed by atoms with Crippen LogP contribution in [0.2, 0.25) is 0 Å². The van der Waals surface area contributed by atoms with E-state index in [-0.39, 0.29) is 6.03 Å². The first-order valence-electron chi connectivity index (χ1n) is 7.62. The molecule has 0 spiro atoms. The molecule has 116 valence electrons. The summed E-state index contributed by atoms with van der Waals surface area (Å²) in [6.45, 7) is 6.61. The molecular formula is C16H25N3O2. The molecule has 1 saturated heterocycles. The molecule has 0 atom stereocenters. The molecule has 1 aromatic carbocycles. The van der Waals surface area contributed by atoms with Crippen molar-refractivity contribution in [3.05, 3.63) is 29.8 Å². The molecule has 0 unspecified atom stereocenters. The summed E-state index contributed by atoms with van der Waals surface area (Å²) in [6.07, 6.45) is 0.997. The highest BCUT2D eigenvalue weighted by Crippen LogP contribution is 2.13. The van der Waals surface area contributed by atoms with Crippen LogP contribution in [0.5, 0.6) is 5.75 Å². The van der Waals surface area contributed by atoms with Gasteiger partial charge in [0.25, 0.3) is 0 Å². The molecule has 5 nitrogen and oxygen atoms in total.